The molecule has 0 amide bonds. The van der Waals surface area contributed by atoms with Crippen molar-refractivity contribution < 1.29 is 20.3 Å². The fourth-order valence-corrected chi connectivity index (χ4v) is 0. The van der Waals surface area contributed by atoms with E-state index >= 15 is 0 Å². The molecule has 0 heterocycles. The van der Waals surface area contributed by atoms with E-state index in [-0.39, 0.29) is 4.23 Å². The molecule has 1 unspecified atom stereocenters. The third-order valence-electron chi connectivity index (χ3n) is 0.223. The van der Waals surface area contributed by atoms with Crippen LogP contribution in [0.15, 0.2) is 0 Å². The molecule has 0 saturated heterocycles. The summed E-state index contributed by atoms with van der Waals surface area (Å²) in [6, 6.07) is 0. The molecule has 0 saturated carbocycles. The van der Waals surface area contributed by atoms with Gasteiger partial charge in [-0.05, 0) is 4.23 Å². The minimum absolute atomic E-state index is 0.211. The number of hydrogen-bond acceptors (Lipinski definition) is 1. The molecule has 0 aliphatic heterocycles. The zero-order valence-electron chi connectivity index (χ0n) is 4.57. The van der Waals surface area contributed by atoms with Gasteiger partial charge in [0.25, 0.3) is 0 Å². The standard InChI is InChI=1S/C2H5O.3ClH.Mg.Zn/c1-2-3;;;;;/h2-3H,1H3;3*1H;;/q;;;;+1;+2/p-3. The number of hydrogen-bond donors (Lipinski definition) is 1. The van der Waals surface area contributed by atoms with Gasteiger partial charge in [0, 0.05) is 0 Å². The van der Waals surface area contributed by atoms with E-state index in [4.69, 9.17) is 33.6 Å². The Morgan fingerprint density at radius 2 is 1.75 bits per heavy atom. The first-order chi connectivity index (χ1) is 3.68. The van der Waals surface area contributed by atoms with E-state index < -0.39 is 34.4 Å². The van der Waals surface area contributed by atoms with E-state index in [1.165, 1.54) is 0 Å². The van der Waals surface area contributed by atoms with E-state index in [0.29, 0.717) is 0 Å². The summed E-state index contributed by atoms with van der Waals surface area (Å²) in [6.45, 7) is 1.71. The average Bonchev–Trinajstić information content (AvgIpc) is 1.69. The van der Waals surface area contributed by atoms with Gasteiger partial charge in [-0.25, -0.2) is 0 Å². The van der Waals surface area contributed by atoms with Crippen molar-refractivity contribution in [2.45, 2.75) is 11.2 Å². The second-order valence-corrected chi connectivity index (χ2v) is 8.14. The molecule has 1 atom stereocenters. The van der Waals surface area contributed by atoms with Crippen LogP contribution in [0.4, 0.5) is 0 Å². The van der Waals surface area contributed by atoms with Crippen LogP contribution in [-0.2, 0) is 15.1 Å². The van der Waals surface area contributed by atoms with E-state index in [9.17, 15) is 0 Å². The monoisotopic (exact) mass is 238 g/mol. The van der Waals surface area contributed by atoms with Gasteiger partial charge in [0.15, 0.2) is 0 Å². The topological polar surface area (TPSA) is 20.2 Å². The molecule has 6 heteroatoms. The van der Waals surface area contributed by atoms with Crippen LogP contribution in [0.5, 0.6) is 0 Å². The Morgan fingerprint density at radius 3 is 1.75 bits per heavy atom. The summed E-state index contributed by atoms with van der Waals surface area (Å²) in [5.41, 5.74) is 0. The zero-order valence-corrected chi connectivity index (χ0v) is 11.2. The second kappa shape index (κ2) is 12.0. The van der Waals surface area contributed by atoms with E-state index in [1.807, 2.05) is 0 Å². The number of aliphatic hydroxyl groups excluding tert-OH is 1. The Hall–Kier alpha value is 2.22. The third-order valence-corrected chi connectivity index (χ3v) is 2.01. The predicted octanol–water partition coefficient (Wildman–Crippen LogP) is 1.56. The van der Waals surface area contributed by atoms with Crippen LogP contribution in [0.3, 0.4) is 0 Å². The number of rotatable bonds is 1. The number of halogens is 3. The summed E-state index contributed by atoms with van der Waals surface area (Å²) in [4.78, 5) is 0. The summed E-state index contributed by atoms with van der Waals surface area (Å²) >= 11 is -1.55. The van der Waals surface area contributed by atoms with Crippen molar-refractivity contribution in [3.05, 3.63) is 0 Å². The molecule has 8 heavy (non-hydrogen) atoms. The van der Waals surface area contributed by atoms with Crippen molar-refractivity contribution in [3.63, 3.8) is 0 Å². The van der Waals surface area contributed by atoms with Gasteiger partial charge >= 0.3 is 53.8 Å². The Bertz CT molecular complexity index is 38.5. The molecule has 0 spiro atoms. The van der Waals surface area contributed by atoms with Gasteiger partial charge in [0.05, 0.1) is 0 Å². The Morgan fingerprint density at radius 1 is 1.62 bits per heavy atom. The van der Waals surface area contributed by atoms with Crippen LogP contribution in [-0.4, -0.2) is 28.6 Å². The van der Waals surface area contributed by atoms with Gasteiger partial charge in [-0.15, -0.1) is 0 Å². The van der Waals surface area contributed by atoms with Gasteiger partial charge < -0.3 is 14.2 Å². The molecule has 0 bridgehead atoms. The molecule has 1 nitrogen and oxygen atoms in total. The predicted molar refractivity (Wildman–Crippen MR) is 35.0 cm³/mol. The molecule has 0 aromatic carbocycles. The molecule has 0 aliphatic carbocycles. The Kier molecular flexibility index (Phi) is 19.2. The molecular weight excluding hydrogens is 236 g/mol. The molecule has 44 valence electrons. The minimum atomic E-state index is -0.931. The molecule has 0 radical (unpaired) electrons. The van der Waals surface area contributed by atoms with Gasteiger partial charge in [0.2, 0.25) is 0 Å². The first-order valence-electron chi connectivity index (χ1n) is 2.05. The summed E-state index contributed by atoms with van der Waals surface area (Å²) in [5.74, 6) is 0. The molecule has 0 aliphatic rings. The van der Waals surface area contributed by atoms with Crippen molar-refractivity contribution in [2.24, 2.45) is 0 Å². The fourth-order valence-electron chi connectivity index (χ4n) is 0. The van der Waals surface area contributed by atoms with Crippen LogP contribution in [0.2, 0.25) is 0 Å². The first-order valence-corrected chi connectivity index (χ1v) is 12.8. The van der Waals surface area contributed by atoms with Crippen LogP contribution in [0, 0.1) is 0 Å². The Balaban J connectivity index is 0. The molecule has 0 aromatic rings. The maximum atomic E-state index is 8.29. The average molecular weight is 241 g/mol. The van der Waals surface area contributed by atoms with Crippen molar-refractivity contribution in [3.8, 4) is 0 Å². The SMILES string of the molecule is C[CH](O)[Mg][Cl].[Cl][Zn][Cl]. The molecule has 0 rings (SSSR count). The van der Waals surface area contributed by atoms with Crippen LogP contribution < -0.4 is 0 Å². The molecule has 0 aromatic heterocycles. The summed E-state index contributed by atoms with van der Waals surface area (Å²) in [6.07, 6.45) is 0. The second-order valence-electron chi connectivity index (χ2n) is 1.10. The van der Waals surface area contributed by atoms with Crippen LogP contribution in [0.1, 0.15) is 6.92 Å². The van der Waals surface area contributed by atoms with Crippen molar-refractivity contribution in [1.29, 1.82) is 0 Å². The van der Waals surface area contributed by atoms with Crippen LogP contribution >= 0.6 is 28.5 Å². The summed E-state index contributed by atoms with van der Waals surface area (Å²) < 4.78 is -0.211. The molecule has 0 fully saturated rings. The Labute approximate surface area is 78.2 Å². The van der Waals surface area contributed by atoms with Gasteiger partial charge in [-0.3, -0.25) is 0 Å². The first kappa shape index (κ1) is 12.9. The van der Waals surface area contributed by atoms with Crippen molar-refractivity contribution >= 4 is 47.7 Å². The van der Waals surface area contributed by atoms with E-state index in [1.54, 1.807) is 6.92 Å². The van der Waals surface area contributed by atoms with Gasteiger partial charge in [0.1, 0.15) is 0 Å². The zero-order chi connectivity index (χ0) is 6.99. The quantitative estimate of drug-likeness (QED) is 0.691. The van der Waals surface area contributed by atoms with E-state index in [0.717, 1.165) is 0 Å². The van der Waals surface area contributed by atoms with Gasteiger partial charge in [-0.1, -0.05) is 6.92 Å². The normalized spacial score (nSPS) is 9.62. The van der Waals surface area contributed by atoms with E-state index in [2.05, 4.69) is 0 Å². The fraction of sp³-hybridized carbons (Fsp3) is 1.00. The maximum absolute atomic E-state index is 8.29. The molecule has 1 N–H and O–H groups in total. The number of aliphatic hydroxyl groups is 1. The summed E-state index contributed by atoms with van der Waals surface area (Å²) in [7, 11) is 15.1. The summed E-state index contributed by atoms with van der Waals surface area (Å²) in [5, 5.41) is 8.29. The van der Waals surface area contributed by atoms with Gasteiger partial charge in [-0.2, -0.15) is 0 Å². The third kappa shape index (κ3) is 24.1. The van der Waals surface area contributed by atoms with Crippen LogP contribution in [0.25, 0.3) is 0 Å². The van der Waals surface area contributed by atoms with Crippen molar-refractivity contribution in [1.82, 2.24) is 0 Å². The van der Waals surface area contributed by atoms with Crippen molar-refractivity contribution in [2.75, 3.05) is 0 Å². The molecular formula is C2H5Cl3MgOZn.